The van der Waals surface area contributed by atoms with Crippen LogP contribution in [0.2, 0.25) is 0 Å². The molecule has 0 amide bonds. The van der Waals surface area contributed by atoms with Crippen molar-refractivity contribution in [1.29, 1.82) is 0 Å². The highest BCUT2D eigenvalue weighted by atomic mass is 16.6. The molecule has 7 heteroatoms. The van der Waals surface area contributed by atoms with Gasteiger partial charge in [-0.15, -0.1) is 0 Å². The van der Waals surface area contributed by atoms with Crippen molar-refractivity contribution in [2.75, 3.05) is 12.4 Å². The second kappa shape index (κ2) is 5.52. The average molecular weight is 275 g/mol. The van der Waals surface area contributed by atoms with E-state index in [9.17, 15) is 14.9 Å². The number of anilines is 1. The number of hydrogen-bond acceptors (Lipinski definition) is 6. The van der Waals surface area contributed by atoms with Gasteiger partial charge >= 0.3 is 11.7 Å². The van der Waals surface area contributed by atoms with E-state index in [2.05, 4.69) is 15.0 Å². The van der Waals surface area contributed by atoms with Gasteiger partial charge in [0.05, 0.1) is 17.5 Å². The Morgan fingerprint density at radius 2 is 2.15 bits per heavy atom. The SMILES string of the molecule is COC(=O)C(C)Nc1c([N+](=O)[O-])cnc2ccccc12. The molecule has 104 valence electrons. The molecule has 1 aromatic carbocycles. The molecule has 0 aliphatic rings. The highest BCUT2D eigenvalue weighted by molar-refractivity contribution is 5.97. The van der Waals surface area contributed by atoms with Crippen molar-refractivity contribution >= 4 is 28.2 Å². The lowest BCUT2D eigenvalue weighted by molar-refractivity contribution is -0.384. The molecule has 0 bridgehead atoms. The Morgan fingerprint density at radius 1 is 1.45 bits per heavy atom. The summed E-state index contributed by atoms with van der Waals surface area (Å²) in [5.41, 5.74) is 0.690. The van der Waals surface area contributed by atoms with Crippen LogP contribution in [-0.4, -0.2) is 29.0 Å². The highest BCUT2D eigenvalue weighted by Gasteiger charge is 2.22. The summed E-state index contributed by atoms with van der Waals surface area (Å²) < 4.78 is 4.61. The number of para-hydroxylation sites is 1. The number of carbonyl (C=O) groups excluding carboxylic acids is 1. The number of nitrogens with zero attached hydrogens (tertiary/aromatic N) is 2. The zero-order valence-corrected chi connectivity index (χ0v) is 11.0. The fraction of sp³-hybridized carbons (Fsp3) is 0.231. The van der Waals surface area contributed by atoms with Gasteiger partial charge in [0.1, 0.15) is 17.9 Å². The summed E-state index contributed by atoms with van der Waals surface area (Å²) in [7, 11) is 1.26. The van der Waals surface area contributed by atoms with E-state index in [1.807, 2.05) is 0 Å². The molecule has 20 heavy (non-hydrogen) atoms. The first kappa shape index (κ1) is 13.7. The smallest absolute Gasteiger partial charge is 0.327 e. The third-order valence-corrected chi connectivity index (χ3v) is 2.87. The van der Waals surface area contributed by atoms with Crippen LogP contribution in [0.4, 0.5) is 11.4 Å². The molecule has 2 rings (SSSR count). The van der Waals surface area contributed by atoms with Crippen LogP contribution in [-0.2, 0) is 9.53 Å². The summed E-state index contributed by atoms with van der Waals surface area (Å²) in [5.74, 6) is -0.500. The van der Waals surface area contributed by atoms with Gasteiger partial charge in [-0.2, -0.15) is 0 Å². The Morgan fingerprint density at radius 3 is 2.80 bits per heavy atom. The van der Waals surface area contributed by atoms with Gasteiger partial charge in [-0.3, -0.25) is 10.1 Å². The number of carbonyl (C=O) groups is 1. The largest absolute Gasteiger partial charge is 0.467 e. The molecule has 1 heterocycles. The van der Waals surface area contributed by atoms with Crippen molar-refractivity contribution in [2.45, 2.75) is 13.0 Å². The lowest BCUT2D eigenvalue weighted by Gasteiger charge is -2.14. The lowest BCUT2D eigenvalue weighted by atomic mass is 10.1. The number of ether oxygens (including phenoxy) is 1. The van der Waals surface area contributed by atoms with Gasteiger partial charge < -0.3 is 10.1 Å². The van der Waals surface area contributed by atoms with Crippen molar-refractivity contribution in [3.63, 3.8) is 0 Å². The number of fused-ring (bicyclic) bond motifs is 1. The summed E-state index contributed by atoms with van der Waals surface area (Å²) in [5, 5.41) is 14.5. The van der Waals surface area contributed by atoms with Crippen LogP contribution in [0.5, 0.6) is 0 Å². The average Bonchev–Trinajstić information content (AvgIpc) is 2.46. The van der Waals surface area contributed by atoms with E-state index < -0.39 is 16.9 Å². The number of benzene rings is 1. The van der Waals surface area contributed by atoms with E-state index in [-0.39, 0.29) is 11.4 Å². The molecule has 0 aliphatic carbocycles. The topological polar surface area (TPSA) is 94.4 Å². The fourth-order valence-corrected chi connectivity index (χ4v) is 1.87. The molecule has 0 saturated carbocycles. The Hall–Kier alpha value is -2.70. The Labute approximate surface area is 114 Å². The molecule has 0 fully saturated rings. The maximum Gasteiger partial charge on any atom is 0.327 e. The molecule has 1 atom stereocenters. The van der Waals surface area contributed by atoms with Crippen molar-refractivity contribution in [3.8, 4) is 0 Å². The number of methoxy groups -OCH3 is 1. The third kappa shape index (κ3) is 2.51. The van der Waals surface area contributed by atoms with Crippen molar-refractivity contribution < 1.29 is 14.5 Å². The molecule has 0 spiro atoms. The number of aromatic nitrogens is 1. The van der Waals surface area contributed by atoms with Gasteiger partial charge in [-0.1, -0.05) is 18.2 Å². The number of nitro groups is 1. The Bertz CT molecular complexity index is 672. The van der Waals surface area contributed by atoms with Crippen molar-refractivity contribution in [2.24, 2.45) is 0 Å². The van der Waals surface area contributed by atoms with Crippen LogP contribution in [0.15, 0.2) is 30.5 Å². The number of esters is 1. The van der Waals surface area contributed by atoms with Crippen LogP contribution in [0.3, 0.4) is 0 Å². The van der Waals surface area contributed by atoms with Gasteiger partial charge in [0.15, 0.2) is 0 Å². The summed E-state index contributed by atoms with van der Waals surface area (Å²) in [4.78, 5) is 26.1. The zero-order chi connectivity index (χ0) is 14.7. The molecule has 2 aromatic rings. The first-order valence-electron chi connectivity index (χ1n) is 5.91. The monoisotopic (exact) mass is 275 g/mol. The molecule has 1 aromatic heterocycles. The van der Waals surface area contributed by atoms with Gasteiger partial charge in [-0.25, -0.2) is 9.78 Å². The Kier molecular flexibility index (Phi) is 3.79. The molecule has 0 aliphatic heterocycles. The van der Waals surface area contributed by atoms with Gasteiger partial charge in [-0.05, 0) is 13.0 Å². The standard InChI is InChI=1S/C13H13N3O4/c1-8(13(17)20-2)15-12-9-5-3-4-6-10(9)14-7-11(12)16(18)19/h3-8H,1-2H3,(H,14,15). The summed E-state index contributed by atoms with van der Waals surface area (Å²) in [6.07, 6.45) is 1.18. The van der Waals surface area contributed by atoms with Crippen LogP contribution in [0.1, 0.15) is 6.92 Å². The van der Waals surface area contributed by atoms with Crippen LogP contribution in [0, 0.1) is 10.1 Å². The zero-order valence-electron chi connectivity index (χ0n) is 11.0. The van der Waals surface area contributed by atoms with E-state index in [1.165, 1.54) is 13.3 Å². The molecule has 0 saturated heterocycles. The minimum absolute atomic E-state index is 0.181. The second-order valence-electron chi connectivity index (χ2n) is 4.18. The maximum absolute atomic E-state index is 11.5. The van der Waals surface area contributed by atoms with Crippen molar-refractivity contribution in [3.05, 3.63) is 40.6 Å². The third-order valence-electron chi connectivity index (χ3n) is 2.87. The normalized spacial score (nSPS) is 11.9. The first-order valence-corrected chi connectivity index (χ1v) is 5.91. The van der Waals surface area contributed by atoms with E-state index in [1.54, 1.807) is 31.2 Å². The molecule has 1 N–H and O–H groups in total. The molecule has 1 unspecified atom stereocenters. The Balaban J connectivity index is 2.55. The van der Waals surface area contributed by atoms with Crippen molar-refractivity contribution in [1.82, 2.24) is 4.98 Å². The second-order valence-corrected chi connectivity index (χ2v) is 4.18. The fourth-order valence-electron chi connectivity index (χ4n) is 1.87. The van der Waals surface area contributed by atoms with Gasteiger partial charge in [0.2, 0.25) is 0 Å². The van der Waals surface area contributed by atoms with E-state index in [4.69, 9.17) is 0 Å². The van der Waals surface area contributed by atoms with E-state index in [0.29, 0.717) is 10.9 Å². The number of hydrogen-bond donors (Lipinski definition) is 1. The quantitative estimate of drug-likeness (QED) is 0.521. The maximum atomic E-state index is 11.5. The predicted molar refractivity (Wildman–Crippen MR) is 73.5 cm³/mol. The lowest BCUT2D eigenvalue weighted by Crippen LogP contribution is -2.27. The molecule has 0 radical (unpaired) electrons. The van der Waals surface area contributed by atoms with Gasteiger partial charge in [0.25, 0.3) is 0 Å². The van der Waals surface area contributed by atoms with Crippen LogP contribution in [0.25, 0.3) is 10.9 Å². The minimum Gasteiger partial charge on any atom is -0.467 e. The summed E-state index contributed by atoms with van der Waals surface area (Å²) in [6.45, 7) is 1.57. The summed E-state index contributed by atoms with van der Waals surface area (Å²) >= 11 is 0. The number of pyridine rings is 1. The predicted octanol–water partition coefficient (Wildman–Crippen LogP) is 2.12. The molecule has 7 nitrogen and oxygen atoms in total. The van der Waals surface area contributed by atoms with E-state index in [0.717, 1.165) is 0 Å². The first-order chi connectivity index (χ1) is 9.54. The van der Waals surface area contributed by atoms with Crippen LogP contribution < -0.4 is 5.32 Å². The van der Waals surface area contributed by atoms with Gasteiger partial charge in [0, 0.05) is 5.39 Å². The minimum atomic E-state index is -0.704. The molecular weight excluding hydrogens is 262 g/mol. The molecular formula is C13H13N3O4. The summed E-state index contributed by atoms with van der Waals surface area (Å²) in [6, 6.07) is 6.29. The van der Waals surface area contributed by atoms with E-state index >= 15 is 0 Å². The number of rotatable bonds is 4. The van der Waals surface area contributed by atoms with Crippen LogP contribution >= 0.6 is 0 Å². The highest BCUT2D eigenvalue weighted by Crippen LogP contribution is 2.31. The number of nitrogens with one attached hydrogen (secondary N) is 1.